The molecule has 1 aliphatic rings. The van der Waals surface area contributed by atoms with E-state index in [1.807, 2.05) is 12.1 Å². The minimum atomic E-state index is -3.53. The third-order valence-electron chi connectivity index (χ3n) is 5.65. The van der Waals surface area contributed by atoms with Crippen molar-refractivity contribution in [1.29, 1.82) is 5.26 Å². The van der Waals surface area contributed by atoms with E-state index in [1.54, 1.807) is 36.4 Å². The zero-order valence-corrected chi connectivity index (χ0v) is 20.3. The van der Waals surface area contributed by atoms with E-state index in [4.69, 9.17) is 10.00 Å². The highest BCUT2D eigenvalue weighted by atomic mass is 32.2. The van der Waals surface area contributed by atoms with Crippen LogP contribution in [0.5, 0.6) is 0 Å². The fraction of sp³-hybridized carbons (Fsp3) is 0.346. The van der Waals surface area contributed by atoms with Crippen LogP contribution in [0.1, 0.15) is 37.7 Å². The molecule has 1 amide bonds. The number of rotatable bonds is 9. The van der Waals surface area contributed by atoms with Crippen LogP contribution in [0.15, 0.2) is 65.6 Å². The highest BCUT2D eigenvalue weighted by molar-refractivity contribution is 7.89. The van der Waals surface area contributed by atoms with Gasteiger partial charge in [-0.05, 0) is 48.7 Å². The predicted molar refractivity (Wildman–Crippen MR) is 133 cm³/mol. The second-order valence-electron chi connectivity index (χ2n) is 8.12. The van der Waals surface area contributed by atoms with Crippen molar-refractivity contribution < 1.29 is 22.7 Å². The third-order valence-corrected chi connectivity index (χ3v) is 7.56. The molecule has 1 fully saturated rings. The first kappa shape index (κ1) is 26.1. The number of carbonyl (C=O) groups excluding carboxylic acids is 2. The van der Waals surface area contributed by atoms with E-state index in [1.165, 1.54) is 33.5 Å². The molecule has 1 aliphatic heterocycles. The molecule has 0 atom stereocenters. The molecule has 184 valence electrons. The van der Waals surface area contributed by atoms with Crippen molar-refractivity contribution >= 4 is 33.7 Å². The quantitative estimate of drug-likeness (QED) is 0.387. The van der Waals surface area contributed by atoms with Crippen LogP contribution in [-0.2, 0) is 24.3 Å². The van der Waals surface area contributed by atoms with Gasteiger partial charge in [0.1, 0.15) is 0 Å². The third kappa shape index (κ3) is 7.50. The number of esters is 1. The number of amides is 1. The number of benzene rings is 2. The van der Waals surface area contributed by atoms with Crippen LogP contribution in [0, 0.1) is 11.3 Å². The lowest BCUT2D eigenvalue weighted by molar-refractivity contribution is -0.142. The summed E-state index contributed by atoms with van der Waals surface area (Å²) < 4.78 is 32.4. The first-order valence-corrected chi connectivity index (χ1v) is 13.0. The highest BCUT2D eigenvalue weighted by Gasteiger charge is 2.24. The summed E-state index contributed by atoms with van der Waals surface area (Å²) in [4.78, 5) is 26.3. The second kappa shape index (κ2) is 12.8. The Morgan fingerprint density at radius 3 is 2.29 bits per heavy atom. The number of para-hydroxylation sites is 1. The summed E-state index contributed by atoms with van der Waals surface area (Å²) in [5, 5.41) is 8.86. The van der Waals surface area contributed by atoms with Gasteiger partial charge in [0, 0.05) is 31.4 Å². The standard InChI is InChI=1S/C26H29N3O5S/c27-17-8-20-29(23-9-4-3-5-10-23)25(30)21-34-26(31)16-13-22-11-14-24(15-12-22)35(32,33)28-18-6-1-2-7-19-28/h3-5,9-16H,1-2,6-8,18-21H2. The molecule has 0 radical (unpaired) electrons. The van der Waals surface area contributed by atoms with Crippen molar-refractivity contribution in [3.63, 3.8) is 0 Å². The Hall–Kier alpha value is -3.48. The van der Waals surface area contributed by atoms with Gasteiger partial charge in [0.2, 0.25) is 10.0 Å². The molecule has 0 bridgehead atoms. The summed E-state index contributed by atoms with van der Waals surface area (Å²) in [7, 11) is -3.53. The molecule has 2 aromatic rings. The van der Waals surface area contributed by atoms with E-state index in [-0.39, 0.29) is 17.9 Å². The van der Waals surface area contributed by atoms with E-state index in [2.05, 4.69) is 0 Å². The number of carbonyl (C=O) groups is 2. The predicted octanol–water partition coefficient (Wildman–Crippen LogP) is 3.75. The van der Waals surface area contributed by atoms with Crippen molar-refractivity contribution in [3.05, 3.63) is 66.2 Å². The molecule has 0 N–H and O–H groups in total. The van der Waals surface area contributed by atoms with Gasteiger partial charge in [-0.15, -0.1) is 0 Å². The van der Waals surface area contributed by atoms with Gasteiger partial charge in [0.15, 0.2) is 6.61 Å². The minimum Gasteiger partial charge on any atom is -0.452 e. The molecule has 0 aromatic heterocycles. The Kier molecular flexibility index (Phi) is 9.58. The Morgan fingerprint density at radius 1 is 1.00 bits per heavy atom. The fourth-order valence-corrected chi connectivity index (χ4v) is 5.29. The Labute approximate surface area is 206 Å². The molecule has 35 heavy (non-hydrogen) atoms. The van der Waals surface area contributed by atoms with E-state index in [0.717, 1.165) is 25.7 Å². The fourth-order valence-electron chi connectivity index (χ4n) is 3.77. The number of ether oxygens (including phenoxy) is 1. The summed E-state index contributed by atoms with van der Waals surface area (Å²) in [5.41, 5.74) is 1.25. The van der Waals surface area contributed by atoms with Gasteiger partial charge >= 0.3 is 5.97 Å². The first-order valence-electron chi connectivity index (χ1n) is 11.6. The smallest absolute Gasteiger partial charge is 0.331 e. The van der Waals surface area contributed by atoms with Gasteiger partial charge < -0.3 is 9.64 Å². The van der Waals surface area contributed by atoms with Gasteiger partial charge in [-0.25, -0.2) is 13.2 Å². The van der Waals surface area contributed by atoms with Crippen LogP contribution < -0.4 is 4.90 Å². The van der Waals surface area contributed by atoms with Crippen LogP contribution in [0.4, 0.5) is 5.69 Å². The van der Waals surface area contributed by atoms with Crippen molar-refractivity contribution in [2.45, 2.75) is 37.0 Å². The molecule has 2 aromatic carbocycles. The molecule has 0 unspecified atom stereocenters. The molecular weight excluding hydrogens is 466 g/mol. The van der Waals surface area contributed by atoms with E-state index in [0.29, 0.717) is 24.3 Å². The molecule has 1 heterocycles. The lowest BCUT2D eigenvalue weighted by Gasteiger charge is -2.21. The minimum absolute atomic E-state index is 0.151. The van der Waals surface area contributed by atoms with Crippen molar-refractivity contribution in [2.24, 2.45) is 0 Å². The number of nitrogens with zero attached hydrogens (tertiary/aromatic N) is 3. The molecule has 9 heteroatoms. The van der Waals surface area contributed by atoms with Gasteiger partial charge in [0.25, 0.3) is 5.91 Å². The molecule has 0 saturated carbocycles. The van der Waals surface area contributed by atoms with Crippen molar-refractivity contribution in [3.8, 4) is 6.07 Å². The summed E-state index contributed by atoms with van der Waals surface area (Å²) in [6, 6.07) is 17.2. The zero-order chi connectivity index (χ0) is 25.1. The molecule has 1 saturated heterocycles. The SMILES string of the molecule is N#CCCN(C(=O)COC(=O)C=Cc1ccc(S(=O)(=O)N2CCCCCC2)cc1)c1ccccc1. The van der Waals surface area contributed by atoms with Gasteiger partial charge in [-0.2, -0.15) is 9.57 Å². The summed E-state index contributed by atoms with van der Waals surface area (Å²) in [6.07, 6.45) is 6.66. The molecule has 0 aliphatic carbocycles. The monoisotopic (exact) mass is 495 g/mol. The van der Waals surface area contributed by atoms with Gasteiger partial charge in [0.05, 0.1) is 17.4 Å². The number of hydrogen-bond acceptors (Lipinski definition) is 6. The van der Waals surface area contributed by atoms with E-state index < -0.39 is 28.5 Å². The number of anilines is 1. The summed E-state index contributed by atoms with van der Waals surface area (Å²) >= 11 is 0. The molecule has 8 nitrogen and oxygen atoms in total. The van der Waals surface area contributed by atoms with Crippen LogP contribution in [0.2, 0.25) is 0 Å². The highest BCUT2D eigenvalue weighted by Crippen LogP contribution is 2.21. The second-order valence-corrected chi connectivity index (χ2v) is 10.1. The largest absolute Gasteiger partial charge is 0.452 e. The zero-order valence-electron chi connectivity index (χ0n) is 19.5. The molecule has 3 rings (SSSR count). The Bertz CT molecular complexity index is 1160. The van der Waals surface area contributed by atoms with Gasteiger partial charge in [-0.3, -0.25) is 4.79 Å². The maximum absolute atomic E-state index is 12.9. The van der Waals surface area contributed by atoms with Crippen molar-refractivity contribution in [2.75, 3.05) is 31.1 Å². The average Bonchev–Trinajstić information content (AvgIpc) is 3.18. The van der Waals surface area contributed by atoms with Crippen LogP contribution in [-0.4, -0.2) is 50.8 Å². The lowest BCUT2D eigenvalue weighted by Crippen LogP contribution is -2.35. The maximum atomic E-state index is 12.9. The summed E-state index contributed by atoms with van der Waals surface area (Å²) in [6.45, 7) is 0.801. The van der Waals surface area contributed by atoms with Crippen LogP contribution in [0.3, 0.4) is 0 Å². The lowest BCUT2D eigenvalue weighted by atomic mass is 10.2. The molecular formula is C26H29N3O5S. The number of nitriles is 1. The van der Waals surface area contributed by atoms with Crippen LogP contribution >= 0.6 is 0 Å². The van der Waals surface area contributed by atoms with Gasteiger partial charge in [-0.1, -0.05) is 43.2 Å². The maximum Gasteiger partial charge on any atom is 0.331 e. The Morgan fingerprint density at radius 2 is 1.66 bits per heavy atom. The first-order chi connectivity index (χ1) is 16.9. The number of hydrogen-bond donors (Lipinski definition) is 0. The summed E-state index contributed by atoms with van der Waals surface area (Å²) in [5.74, 6) is -1.14. The van der Waals surface area contributed by atoms with E-state index in [9.17, 15) is 18.0 Å². The van der Waals surface area contributed by atoms with Crippen molar-refractivity contribution in [1.82, 2.24) is 4.31 Å². The Balaban J connectivity index is 1.56. The molecule has 0 spiro atoms. The number of sulfonamides is 1. The normalized spacial score (nSPS) is 14.7. The average molecular weight is 496 g/mol. The van der Waals surface area contributed by atoms with E-state index >= 15 is 0 Å². The topological polar surface area (TPSA) is 108 Å². The van der Waals surface area contributed by atoms with Crippen LogP contribution in [0.25, 0.3) is 6.08 Å².